The van der Waals surface area contributed by atoms with Gasteiger partial charge in [-0.2, -0.15) is 0 Å². The van der Waals surface area contributed by atoms with E-state index in [2.05, 4.69) is 78.3 Å². The van der Waals surface area contributed by atoms with Crippen molar-refractivity contribution in [3.8, 4) is 11.1 Å². The van der Waals surface area contributed by atoms with Gasteiger partial charge in [0.1, 0.15) is 0 Å². The first kappa shape index (κ1) is 10.0. The van der Waals surface area contributed by atoms with E-state index in [1.165, 1.54) is 20.9 Å². The summed E-state index contributed by atoms with van der Waals surface area (Å²) in [6, 6.07) is 17.3. The molecule has 0 bridgehead atoms. The molecule has 1 aliphatic heterocycles. The van der Waals surface area contributed by atoms with E-state index in [0.717, 1.165) is 0 Å². The van der Waals surface area contributed by atoms with Gasteiger partial charge in [-0.1, -0.05) is 0 Å². The van der Waals surface area contributed by atoms with Gasteiger partial charge >= 0.3 is 106 Å². The molecule has 0 spiro atoms. The number of rotatable bonds is 0. The van der Waals surface area contributed by atoms with E-state index in [1.54, 1.807) is 0 Å². The van der Waals surface area contributed by atoms with Crippen molar-refractivity contribution in [2.24, 2.45) is 0 Å². The van der Waals surface area contributed by atoms with Crippen LogP contribution in [0.2, 0.25) is 0 Å². The Bertz CT molecular complexity index is 487. The molecule has 3 rings (SSSR count). The van der Waals surface area contributed by atoms with Crippen LogP contribution in [0.15, 0.2) is 58.3 Å². The average Bonchev–Trinajstić information content (AvgIpc) is 2.51. The molecule has 74 valence electrons. The van der Waals surface area contributed by atoms with Gasteiger partial charge < -0.3 is 0 Å². The molecule has 1 aliphatic rings. The Morgan fingerprint density at radius 1 is 0.667 bits per heavy atom. The number of hydrogen-bond donors (Lipinski definition) is 0. The molecule has 3 heteroatoms. The summed E-state index contributed by atoms with van der Waals surface area (Å²) in [6.45, 7) is -1.01. The van der Waals surface area contributed by atoms with Gasteiger partial charge in [0.25, 0.3) is 0 Å². The SMILES string of the molecule is [Se]S1([Se])c2ccccc2-c2ccccc21. The van der Waals surface area contributed by atoms with Crippen LogP contribution in [0.5, 0.6) is 0 Å². The molecular weight excluding hydrogens is 334 g/mol. The Labute approximate surface area is 106 Å². The third-order valence-electron chi connectivity index (χ3n) is 2.64. The molecule has 0 unspecified atom stereocenters. The summed E-state index contributed by atoms with van der Waals surface area (Å²) in [4.78, 5) is 2.84. The van der Waals surface area contributed by atoms with Crippen molar-refractivity contribution in [3.63, 3.8) is 0 Å². The first-order valence-corrected chi connectivity index (χ1v) is 10.3. The van der Waals surface area contributed by atoms with E-state index >= 15 is 0 Å². The summed E-state index contributed by atoms with van der Waals surface area (Å²) in [5.41, 5.74) is 2.75. The van der Waals surface area contributed by atoms with Gasteiger partial charge in [0.05, 0.1) is 0 Å². The molecule has 0 saturated heterocycles. The van der Waals surface area contributed by atoms with Crippen LogP contribution < -0.4 is 0 Å². The topological polar surface area (TPSA) is 0 Å². The van der Waals surface area contributed by atoms with Crippen molar-refractivity contribution in [3.05, 3.63) is 48.5 Å². The predicted molar refractivity (Wildman–Crippen MR) is 67.5 cm³/mol. The molecule has 2 aromatic rings. The second-order valence-electron chi connectivity index (χ2n) is 3.50. The summed E-state index contributed by atoms with van der Waals surface area (Å²) < 4.78 is 0. The summed E-state index contributed by atoms with van der Waals surface area (Å²) >= 11 is 6.71. The average molecular weight is 342 g/mol. The van der Waals surface area contributed by atoms with Gasteiger partial charge in [0, 0.05) is 0 Å². The van der Waals surface area contributed by atoms with Gasteiger partial charge in [-0.15, -0.1) is 0 Å². The molecule has 0 aliphatic carbocycles. The third-order valence-corrected chi connectivity index (χ3v) is 9.03. The van der Waals surface area contributed by atoms with Gasteiger partial charge in [0.2, 0.25) is 0 Å². The number of benzene rings is 2. The van der Waals surface area contributed by atoms with Gasteiger partial charge in [-0.25, -0.2) is 0 Å². The van der Waals surface area contributed by atoms with E-state index in [9.17, 15) is 0 Å². The second-order valence-corrected chi connectivity index (χ2v) is 14.9. The first-order chi connectivity index (χ1) is 7.21. The molecule has 0 atom stereocenters. The van der Waals surface area contributed by atoms with Crippen LogP contribution in [0.25, 0.3) is 11.1 Å². The van der Waals surface area contributed by atoms with Crippen molar-refractivity contribution in [1.82, 2.24) is 0 Å². The molecule has 1 heterocycles. The molecule has 2 radical (unpaired) electrons. The van der Waals surface area contributed by atoms with Crippen molar-refractivity contribution in [1.29, 1.82) is 0 Å². The van der Waals surface area contributed by atoms with Crippen LogP contribution in [-0.2, 0) is 0 Å². The fraction of sp³-hybridized carbons (Fsp3) is 0. The second kappa shape index (κ2) is 3.41. The molecule has 2 aromatic carbocycles. The molecule has 0 fully saturated rings. The van der Waals surface area contributed by atoms with E-state index in [1.807, 2.05) is 0 Å². The Hall–Kier alpha value is -0.171. The Kier molecular flexibility index (Phi) is 2.28. The minimum atomic E-state index is -1.01. The van der Waals surface area contributed by atoms with Gasteiger partial charge in [-0.3, -0.25) is 0 Å². The normalized spacial score (nSPS) is 18.0. The molecule has 0 aromatic heterocycles. The zero-order valence-corrected chi connectivity index (χ0v) is 12.1. The van der Waals surface area contributed by atoms with Gasteiger partial charge in [0.15, 0.2) is 0 Å². The van der Waals surface area contributed by atoms with Crippen molar-refractivity contribution in [2.75, 3.05) is 0 Å². The Morgan fingerprint density at radius 2 is 1.07 bits per heavy atom. The maximum absolute atomic E-state index is 3.36. The van der Waals surface area contributed by atoms with E-state index in [4.69, 9.17) is 0 Å². The summed E-state index contributed by atoms with van der Waals surface area (Å²) in [7, 11) is 0. The number of fused-ring (bicyclic) bond motifs is 3. The van der Waals surface area contributed by atoms with Crippen LogP contribution >= 0.6 is 6.86 Å². The van der Waals surface area contributed by atoms with Crippen LogP contribution in [0, 0.1) is 0 Å². The molecule has 0 nitrogen and oxygen atoms in total. The Balaban J connectivity index is 2.42. The Morgan fingerprint density at radius 3 is 1.53 bits per heavy atom. The predicted octanol–water partition coefficient (Wildman–Crippen LogP) is 3.06. The third kappa shape index (κ3) is 1.35. The molecular formula is C12H8SSe2. The monoisotopic (exact) mass is 344 g/mol. The number of hydrogen-bond acceptors (Lipinski definition) is 0. The van der Waals surface area contributed by atoms with Crippen LogP contribution in [0.3, 0.4) is 0 Å². The van der Waals surface area contributed by atoms with Crippen molar-refractivity contribution < 1.29 is 0 Å². The van der Waals surface area contributed by atoms with Crippen LogP contribution in [-0.4, -0.2) is 29.8 Å². The van der Waals surface area contributed by atoms with E-state index < -0.39 is 6.86 Å². The van der Waals surface area contributed by atoms with Gasteiger partial charge in [-0.05, 0) is 0 Å². The summed E-state index contributed by atoms with van der Waals surface area (Å²) in [5, 5.41) is 0. The zero-order valence-electron chi connectivity index (χ0n) is 7.84. The molecule has 0 N–H and O–H groups in total. The first-order valence-electron chi connectivity index (χ1n) is 4.65. The molecule has 0 saturated carbocycles. The van der Waals surface area contributed by atoms with E-state index in [0.29, 0.717) is 0 Å². The van der Waals surface area contributed by atoms with Crippen molar-refractivity contribution >= 4 is 36.6 Å². The summed E-state index contributed by atoms with van der Waals surface area (Å²) in [6.07, 6.45) is 0. The zero-order chi connectivity index (χ0) is 10.5. The molecule has 0 amide bonds. The van der Waals surface area contributed by atoms with Crippen LogP contribution in [0.4, 0.5) is 0 Å². The fourth-order valence-electron chi connectivity index (χ4n) is 1.97. The van der Waals surface area contributed by atoms with Crippen LogP contribution in [0.1, 0.15) is 0 Å². The quantitative estimate of drug-likeness (QED) is 0.646. The standard InChI is InChI=1S/C12H8SSe2/c14-13(15)11-7-3-1-5-9(11)10-6-2-4-8-12(10)13/h1-8H. The molecule has 15 heavy (non-hydrogen) atoms. The van der Waals surface area contributed by atoms with Crippen molar-refractivity contribution in [2.45, 2.75) is 9.79 Å². The fourth-order valence-corrected chi connectivity index (χ4v) is 7.31. The summed E-state index contributed by atoms with van der Waals surface area (Å²) in [5.74, 6) is 0. The van der Waals surface area contributed by atoms with E-state index in [-0.39, 0.29) is 0 Å². The maximum atomic E-state index is 3.36. The minimum absolute atomic E-state index is 1.01.